The van der Waals surface area contributed by atoms with E-state index in [1.165, 1.54) is 11.3 Å². The number of nitrogens with one attached hydrogen (secondary N) is 1. The maximum Gasteiger partial charge on any atom is 0.0852 e. The number of quaternary nitrogens is 1. The normalized spacial score (nSPS) is 43.5. The summed E-state index contributed by atoms with van der Waals surface area (Å²) >= 11 is 0. The van der Waals surface area contributed by atoms with Crippen molar-refractivity contribution in [3.63, 3.8) is 0 Å². The van der Waals surface area contributed by atoms with Crippen LogP contribution in [0.4, 0.5) is 0 Å². The minimum Gasteiger partial charge on any atom is -0.411 e. The lowest BCUT2D eigenvalue weighted by Gasteiger charge is -2.40. The average Bonchev–Trinajstić information content (AvgIpc) is 2.63. The zero-order valence-corrected chi connectivity index (χ0v) is 11.1. The summed E-state index contributed by atoms with van der Waals surface area (Å²) in [6.07, 6.45) is 1.23. The second kappa shape index (κ2) is 3.73. The van der Waals surface area contributed by atoms with Gasteiger partial charge < -0.3 is 10.1 Å². The van der Waals surface area contributed by atoms with Crippen LogP contribution in [0.25, 0.3) is 0 Å². The Balaban J connectivity index is 2.27. The predicted molar refractivity (Wildman–Crippen MR) is 64.9 cm³/mol. The van der Waals surface area contributed by atoms with Crippen molar-refractivity contribution in [2.75, 3.05) is 20.6 Å². The molecule has 92 valence electrons. The van der Waals surface area contributed by atoms with Crippen LogP contribution in [0.15, 0.2) is 5.16 Å². The Hall–Kier alpha value is -0.570. The lowest BCUT2D eigenvalue weighted by Crippen LogP contribution is -3.06. The molecule has 0 unspecified atom stereocenters. The molecule has 0 aliphatic heterocycles. The molecule has 2 rings (SSSR count). The van der Waals surface area contributed by atoms with E-state index in [0.29, 0.717) is 29.1 Å². The number of oxime groups is 1. The lowest BCUT2D eigenvalue weighted by molar-refractivity contribution is -0.861. The van der Waals surface area contributed by atoms with Gasteiger partial charge in [0.15, 0.2) is 0 Å². The largest absolute Gasteiger partial charge is 0.411 e. The highest BCUT2D eigenvalue weighted by molar-refractivity contribution is 5.92. The van der Waals surface area contributed by atoms with Crippen LogP contribution in [-0.2, 0) is 0 Å². The highest BCUT2D eigenvalue weighted by Gasteiger charge is 2.59. The Kier molecular flexibility index (Phi) is 2.77. The fourth-order valence-corrected chi connectivity index (χ4v) is 4.01. The molecule has 2 fully saturated rings. The van der Waals surface area contributed by atoms with Crippen molar-refractivity contribution < 1.29 is 10.1 Å². The molecule has 2 saturated carbocycles. The molecular formula is C13H25N2O+. The first kappa shape index (κ1) is 11.9. The predicted octanol–water partition coefficient (Wildman–Crippen LogP) is 0.889. The maximum absolute atomic E-state index is 9.24. The molecule has 16 heavy (non-hydrogen) atoms. The SMILES string of the molecule is C[C@@H]1[C@H]2C[C@@H]([C@@H](C[NH+](C)C)/C2=N\O)C1(C)C. The minimum absolute atomic E-state index is 0.402. The van der Waals surface area contributed by atoms with Crippen LogP contribution in [0.3, 0.4) is 0 Å². The number of rotatable bonds is 2. The third kappa shape index (κ3) is 1.48. The molecule has 0 spiro atoms. The fraction of sp³-hybridized carbons (Fsp3) is 0.923. The summed E-state index contributed by atoms with van der Waals surface area (Å²) in [6.45, 7) is 8.17. The second-order valence-corrected chi connectivity index (χ2v) is 6.60. The Morgan fingerprint density at radius 1 is 1.44 bits per heavy atom. The van der Waals surface area contributed by atoms with Crippen molar-refractivity contribution in [1.29, 1.82) is 0 Å². The van der Waals surface area contributed by atoms with Gasteiger partial charge >= 0.3 is 0 Å². The molecule has 2 N–H and O–H groups in total. The van der Waals surface area contributed by atoms with E-state index in [1.807, 2.05) is 0 Å². The number of hydrogen-bond donors (Lipinski definition) is 2. The van der Waals surface area contributed by atoms with E-state index in [1.54, 1.807) is 0 Å². The van der Waals surface area contributed by atoms with Crippen molar-refractivity contribution in [1.82, 2.24) is 0 Å². The van der Waals surface area contributed by atoms with Gasteiger partial charge in [-0.2, -0.15) is 0 Å². The first-order valence-corrected chi connectivity index (χ1v) is 6.40. The Labute approximate surface area is 98.5 Å². The van der Waals surface area contributed by atoms with Crippen molar-refractivity contribution in [3.8, 4) is 0 Å². The van der Waals surface area contributed by atoms with Crippen LogP contribution in [0.2, 0.25) is 0 Å². The summed E-state index contributed by atoms with van der Waals surface area (Å²) in [7, 11) is 4.36. The fourth-order valence-electron chi connectivity index (χ4n) is 4.01. The van der Waals surface area contributed by atoms with E-state index in [-0.39, 0.29) is 0 Å². The quantitative estimate of drug-likeness (QED) is 0.531. The lowest BCUT2D eigenvalue weighted by atomic mass is 9.64. The summed E-state index contributed by atoms with van der Waals surface area (Å²) in [4.78, 5) is 1.45. The molecule has 3 heteroatoms. The zero-order chi connectivity index (χ0) is 12.1. The van der Waals surface area contributed by atoms with Gasteiger partial charge in [-0.1, -0.05) is 25.9 Å². The molecule has 0 aromatic heterocycles. The summed E-state index contributed by atoms with van der Waals surface area (Å²) in [6, 6.07) is 0. The average molecular weight is 225 g/mol. The molecule has 3 nitrogen and oxygen atoms in total. The standard InChI is InChI=1S/C13H24N2O/c1-8-9-6-11(13(8,2)3)10(7-15(4)5)12(9)14-16/h8-11,16H,6-7H2,1-5H3/p+1/b14-12-/t8-,9-,10-,11+/m1/s1. The first-order chi connectivity index (χ1) is 7.39. The van der Waals surface area contributed by atoms with Crippen molar-refractivity contribution >= 4 is 5.71 Å². The number of nitrogens with zero attached hydrogens (tertiary/aromatic N) is 1. The molecule has 0 amide bonds. The molecule has 2 bridgehead atoms. The summed E-state index contributed by atoms with van der Waals surface area (Å²) in [5, 5.41) is 12.9. The third-order valence-electron chi connectivity index (χ3n) is 5.23. The van der Waals surface area contributed by atoms with E-state index in [2.05, 4.69) is 40.0 Å². The van der Waals surface area contributed by atoms with Gasteiger partial charge in [0.25, 0.3) is 0 Å². The van der Waals surface area contributed by atoms with E-state index < -0.39 is 0 Å². The van der Waals surface area contributed by atoms with E-state index in [9.17, 15) is 5.21 Å². The van der Waals surface area contributed by atoms with Crippen LogP contribution < -0.4 is 4.90 Å². The highest BCUT2D eigenvalue weighted by atomic mass is 16.4. The van der Waals surface area contributed by atoms with Crippen LogP contribution in [-0.4, -0.2) is 31.6 Å². The van der Waals surface area contributed by atoms with Gasteiger partial charge in [0, 0.05) is 5.92 Å². The van der Waals surface area contributed by atoms with Crippen molar-refractivity contribution in [3.05, 3.63) is 0 Å². The van der Waals surface area contributed by atoms with Gasteiger partial charge in [-0.15, -0.1) is 0 Å². The van der Waals surface area contributed by atoms with Gasteiger partial charge in [-0.3, -0.25) is 0 Å². The number of hydrogen-bond acceptors (Lipinski definition) is 2. The monoisotopic (exact) mass is 225 g/mol. The second-order valence-electron chi connectivity index (χ2n) is 6.60. The van der Waals surface area contributed by atoms with Gasteiger partial charge in [0.1, 0.15) is 0 Å². The smallest absolute Gasteiger partial charge is 0.0852 e. The first-order valence-electron chi connectivity index (χ1n) is 6.40. The van der Waals surface area contributed by atoms with E-state index in [4.69, 9.17) is 0 Å². The van der Waals surface area contributed by atoms with Crippen molar-refractivity contribution in [2.24, 2.45) is 34.2 Å². The Bertz CT molecular complexity index is 309. The Morgan fingerprint density at radius 3 is 2.56 bits per heavy atom. The topological polar surface area (TPSA) is 37.0 Å². The molecule has 2 aliphatic rings. The van der Waals surface area contributed by atoms with Gasteiger partial charge in [0.2, 0.25) is 0 Å². The molecule has 0 aromatic rings. The third-order valence-corrected chi connectivity index (χ3v) is 5.23. The van der Waals surface area contributed by atoms with Crippen LogP contribution in [0.5, 0.6) is 0 Å². The molecule has 0 heterocycles. The minimum atomic E-state index is 0.402. The molecular weight excluding hydrogens is 200 g/mol. The van der Waals surface area contributed by atoms with Crippen molar-refractivity contribution in [2.45, 2.75) is 27.2 Å². The highest BCUT2D eigenvalue weighted by Crippen LogP contribution is 2.59. The Morgan fingerprint density at radius 2 is 2.06 bits per heavy atom. The maximum atomic E-state index is 9.24. The van der Waals surface area contributed by atoms with E-state index in [0.717, 1.165) is 12.3 Å². The van der Waals surface area contributed by atoms with Crippen LogP contribution in [0.1, 0.15) is 27.2 Å². The van der Waals surface area contributed by atoms with Gasteiger partial charge in [-0.25, -0.2) is 0 Å². The zero-order valence-electron chi connectivity index (χ0n) is 11.1. The molecule has 0 aromatic carbocycles. The number of fused-ring (bicyclic) bond motifs is 2. The van der Waals surface area contributed by atoms with Gasteiger partial charge in [-0.05, 0) is 23.7 Å². The van der Waals surface area contributed by atoms with Gasteiger partial charge in [0.05, 0.1) is 32.3 Å². The molecule has 4 atom stereocenters. The molecule has 0 radical (unpaired) electrons. The summed E-state index contributed by atoms with van der Waals surface area (Å²) < 4.78 is 0. The van der Waals surface area contributed by atoms with Crippen LogP contribution >= 0.6 is 0 Å². The molecule has 2 aliphatic carbocycles. The van der Waals surface area contributed by atoms with Crippen LogP contribution in [0, 0.1) is 29.1 Å². The molecule has 0 saturated heterocycles. The summed E-state index contributed by atoms with van der Waals surface area (Å²) in [5.41, 5.74) is 1.48. The summed E-state index contributed by atoms with van der Waals surface area (Å²) in [5.74, 6) is 2.37. The van der Waals surface area contributed by atoms with E-state index >= 15 is 0 Å².